The molecule has 1 aromatic carbocycles. The standard InChI is InChI=1S/C23H32N6O3/c1-32-22-5-3-2-4-21(22)26-8-10-27(11-9-26)23(31)20-15-28-7-6-17(20)12-19(28)14-29-13-18(16-30)24-25-29/h2-5,13,17,19-20,30H,6-12,14-16H2,1H3/p+1/t17-,19+,20-/m0/s1. The number of para-hydroxylation sites is 2. The van der Waals surface area contributed by atoms with E-state index in [1.807, 2.05) is 29.1 Å². The number of methoxy groups -OCH3 is 1. The Morgan fingerprint density at radius 3 is 2.75 bits per heavy atom. The Labute approximate surface area is 188 Å². The van der Waals surface area contributed by atoms with Crippen LogP contribution in [0.3, 0.4) is 0 Å². The molecule has 4 aliphatic rings. The lowest BCUT2D eigenvalue weighted by Gasteiger charge is -2.47. The minimum absolute atomic E-state index is 0.0786. The van der Waals surface area contributed by atoms with E-state index in [2.05, 4.69) is 26.2 Å². The Morgan fingerprint density at radius 2 is 2.06 bits per heavy atom. The molecule has 2 N–H and O–H groups in total. The van der Waals surface area contributed by atoms with E-state index >= 15 is 0 Å². The number of carbonyl (C=O) groups is 1. The van der Waals surface area contributed by atoms with Crippen molar-refractivity contribution < 1.29 is 19.5 Å². The molecule has 4 atom stereocenters. The third kappa shape index (κ3) is 4.06. The number of amides is 1. The van der Waals surface area contributed by atoms with Crippen molar-refractivity contribution in [2.24, 2.45) is 11.8 Å². The van der Waals surface area contributed by atoms with Gasteiger partial charge < -0.3 is 24.5 Å². The molecule has 5 heterocycles. The molecule has 0 spiro atoms. The zero-order valence-corrected chi connectivity index (χ0v) is 18.7. The van der Waals surface area contributed by atoms with Gasteiger partial charge >= 0.3 is 0 Å². The molecule has 0 saturated carbocycles. The number of anilines is 1. The van der Waals surface area contributed by atoms with Crippen molar-refractivity contribution in [3.8, 4) is 5.75 Å². The summed E-state index contributed by atoms with van der Waals surface area (Å²) in [6.45, 7) is 5.97. The van der Waals surface area contributed by atoms with Crippen LogP contribution in [0.1, 0.15) is 18.5 Å². The van der Waals surface area contributed by atoms with Crippen LogP contribution in [-0.2, 0) is 17.9 Å². The minimum atomic E-state index is -0.0786. The Balaban J connectivity index is 1.17. The summed E-state index contributed by atoms with van der Waals surface area (Å²) in [5.41, 5.74) is 1.71. The van der Waals surface area contributed by atoms with E-state index < -0.39 is 0 Å². The van der Waals surface area contributed by atoms with Crippen LogP contribution in [0.5, 0.6) is 5.75 Å². The molecule has 4 fully saturated rings. The molecular weight excluding hydrogens is 408 g/mol. The summed E-state index contributed by atoms with van der Waals surface area (Å²) in [6, 6.07) is 8.56. The molecule has 2 bridgehead atoms. The SMILES string of the molecule is COc1ccccc1N1CCN(C(=O)[C@H]2C[NH+]3CC[C@H]2C[C@@H]3Cn2cc(CO)nn2)CC1. The first-order valence-electron chi connectivity index (χ1n) is 11.7. The van der Waals surface area contributed by atoms with E-state index in [4.69, 9.17) is 4.74 Å². The van der Waals surface area contributed by atoms with Crippen LogP contribution in [0, 0.1) is 11.8 Å². The van der Waals surface area contributed by atoms with E-state index in [9.17, 15) is 9.90 Å². The third-order valence-electron chi connectivity index (χ3n) is 7.54. The molecular formula is C23H33N6O3+. The van der Waals surface area contributed by atoms with Gasteiger partial charge in [0.15, 0.2) is 0 Å². The number of fused-ring (bicyclic) bond motifs is 3. The number of benzene rings is 1. The number of piperidine rings is 3. The van der Waals surface area contributed by atoms with E-state index in [1.54, 1.807) is 7.11 Å². The number of quaternary nitrogens is 1. The van der Waals surface area contributed by atoms with Crippen molar-refractivity contribution >= 4 is 11.6 Å². The fraction of sp³-hybridized carbons (Fsp3) is 0.609. The summed E-state index contributed by atoms with van der Waals surface area (Å²) in [5, 5.41) is 17.3. The first-order chi connectivity index (χ1) is 15.7. The summed E-state index contributed by atoms with van der Waals surface area (Å²) in [7, 11) is 1.70. The van der Waals surface area contributed by atoms with Gasteiger partial charge in [0, 0.05) is 39.0 Å². The van der Waals surface area contributed by atoms with Crippen molar-refractivity contribution in [2.75, 3.05) is 51.3 Å². The summed E-state index contributed by atoms with van der Waals surface area (Å²) >= 11 is 0. The van der Waals surface area contributed by atoms with Crippen LogP contribution >= 0.6 is 0 Å². The lowest BCUT2D eigenvalue weighted by molar-refractivity contribution is -0.945. The highest BCUT2D eigenvalue weighted by molar-refractivity contribution is 5.80. The maximum Gasteiger partial charge on any atom is 0.231 e. The number of rotatable bonds is 6. The molecule has 1 unspecified atom stereocenters. The largest absolute Gasteiger partial charge is 0.495 e. The lowest BCUT2D eigenvalue weighted by atomic mass is 9.75. The first-order valence-corrected chi connectivity index (χ1v) is 11.7. The van der Waals surface area contributed by atoms with E-state index in [0.29, 0.717) is 23.6 Å². The van der Waals surface area contributed by atoms with E-state index in [-0.39, 0.29) is 12.5 Å². The molecule has 4 saturated heterocycles. The van der Waals surface area contributed by atoms with Gasteiger partial charge in [-0.1, -0.05) is 17.3 Å². The van der Waals surface area contributed by atoms with Crippen molar-refractivity contribution in [1.29, 1.82) is 0 Å². The van der Waals surface area contributed by atoms with Gasteiger partial charge in [0.1, 0.15) is 17.5 Å². The molecule has 1 amide bonds. The summed E-state index contributed by atoms with van der Waals surface area (Å²) < 4.78 is 7.36. The highest BCUT2D eigenvalue weighted by Crippen LogP contribution is 2.31. The average molecular weight is 442 g/mol. The Bertz CT molecular complexity index is 941. The van der Waals surface area contributed by atoms with Crippen molar-refractivity contribution in [3.63, 3.8) is 0 Å². The topological polar surface area (TPSA) is 88.2 Å². The monoisotopic (exact) mass is 441 g/mol. The molecule has 0 radical (unpaired) electrons. The lowest BCUT2D eigenvalue weighted by Crippen LogP contribution is -3.20. The fourth-order valence-corrected chi connectivity index (χ4v) is 5.82. The van der Waals surface area contributed by atoms with Gasteiger partial charge in [0.05, 0.1) is 51.2 Å². The number of aromatic nitrogens is 3. The second-order valence-corrected chi connectivity index (χ2v) is 9.27. The summed E-state index contributed by atoms with van der Waals surface area (Å²) in [6.07, 6.45) is 4.01. The first kappa shape index (κ1) is 21.2. The number of nitrogens with one attached hydrogen (secondary N) is 1. The zero-order chi connectivity index (χ0) is 22.1. The number of piperazine rings is 1. The zero-order valence-electron chi connectivity index (χ0n) is 18.7. The molecule has 6 rings (SSSR count). The normalized spacial score (nSPS) is 27.6. The maximum atomic E-state index is 13.4. The molecule has 9 nitrogen and oxygen atoms in total. The third-order valence-corrected chi connectivity index (χ3v) is 7.54. The summed E-state index contributed by atoms with van der Waals surface area (Å²) in [5.74, 6) is 1.82. The predicted molar refractivity (Wildman–Crippen MR) is 118 cm³/mol. The van der Waals surface area contributed by atoms with Crippen molar-refractivity contribution in [1.82, 2.24) is 19.9 Å². The van der Waals surface area contributed by atoms with E-state index in [1.165, 1.54) is 4.90 Å². The van der Waals surface area contributed by atoms with Gasteiger partial charge in [-0.15, -0.1) is 5.10 Å². The van der Waals surface area contributed by atoms with Gasteiger partial charge in [-0.05, 0) is 18.1 Å². The molecule has 0 aliphatic carbocycles. The number of carbonyl (C=O) groups excluding carboxylic acids is 1. The van der Waals surface area contributed by atoms with Gasteiger partial charge in [0.25, 0.3) is 0 Å². The molecule has 172 valence electrons. The van der Waals surface area contributed by atoms with Gasteiger partial charge in [-0.2, -0.15) is 0 Å². The Morgan fingerprint density at radius 1 is 1.25 bits per heavy atom. The van der Waals surface area contributed by atoms with Gasteiger partial charge in [-0.3, -0.25) is 4.79 Å². The Kier molecular flexibility index (Phi) is 6.01. The number of aliphatic hydroxyl groups excluding tert-OH is 1. The number of nitrogens with zero attached hydrogens (tertiary/aromatic N) is 5. The molecule has 32 heavy (non-hydrogen) atoms. The fourth-order valence-electron chi connectivity index (χ4n) is 5.82. The Hall–Kier alpha value is -2.65. The minimum Gasteiger partial charge on any atom is -0.495 e. The average Bonchev–Trinajstić information content (AvgIpc) is 3.31. The number of ether oxygens (including phenoxy) is 1. The highest BCUT2D eigenvalue weighted by atomic mass is 16.5. The number of aliphatic hydroxyl groups is 1. The second kappa shape index (κ2) is 9.07. The molecule has 9 heteroatoms. The maximum absolute atomic E-state index is 13.4. The number of hydrogen-bond donors (Lipinski definition) is 2. The molecule has 2 aromatic rings. The second-order valence-electron chi connectivity index (χ2n) is 9.27. The smallest absolute Gasteiger partial charge is 0.231 e. The van der Waals surface area contributed by atoms with Crippen LogP contribution in [0.15, 0.2) is 30.5 Å². The summed E-state index contributed by atoms with van der Waals surface area (Å²) in [4.78, 5) is 19.3. The molecule has 4 aliphatic heterocycles. The van der Waals surface area contributed by atoms with Crippen molar-refractivity contribution in [3.05, 3.63) is 36.2 Å². The van der Waals surface area contributed by atoms with Crippen LogP contribution in [0.4, 0.5) is 5.69 Å². The van der Waals surface area contributed by atoms with Gasteiger partial charge in [-0.25, -0.2) is 4.68 Å². The van der Waals surface area contributed by atoms with Crippen LogP contribution < -0.4 is 14.5 Å². The van der Waals surface area contributed by atoms with Crippen molar-refractivity contribution in [2.45, 2.75) is 32.0 Å². The van der Waals surface area contributed by atoms with Crippen LogP contribution in [0.25, 0.3) is 0 Å². The quantitative estimate of drug-likeness (QED) is 0.624. The number of hydrogen-bond acceptors (Lipinski definition) is 6. The van der Waals surface area contributed by atoms with E-state index in [0.717, 1.165) is 70.1 Å². The van der Waals surface area contributed by atoms with Crippen LogP contribution in [0.2, 0.25) is 0 Å². The van der Waals surface area contributed by atoms with Gasteiger partial charge in [0.2, 0.25) is 5.91 Å². The molecule has 1 aromatic heterocycles. The predicted octanol–water partition coefficient (Wildman–Crippen LogP) is -0.579. The highest BCUT2D eigenvalue weighted by Gasteiger charge is 2.48. The van der Waals surface area contributed by atoms with Crippen LogP contribution in [-0.4, -0.2) is 83.3 Å².